The lowest BCUT2D eigenvalue weighted by Gasteiger charge is -2.20. The number of carbonyl (C=O) groups excluding carboxylic acids is 1. The Kier molecular flexibility index (Phi) is 6.58. The number of rotatable bonds is 1. The number of aliphatic hydroxyl groups excluding tert-OH is 3. The van der Waals surface area contributed by atoms with Crippen molar-refractivity contribution in [2.24, 2.45) is 0 Å². The van der Waals surface area contributed by atoms with Crippen LogP contribution in [0.2, 0.25) is 0 Å². The third-order valence-electron chi connectivity index (χ3n) is 3.83. The molecule has 0 saturated carbocycles. The summed E-state index contributed by atoms with van der Waals surface area (Å²) in [7, 11) is 1.43. The molecule has 1 aromatic carbocycles. The molecule has 1 aromatic rings. The topological polar surface area (TPSA) is 116 Å². The molecule has 4 N–H and O–H groups in total. The van der Waals surface area contributed by atoms with Crippen LogP contribution in [0.4, 0.5) is 0 Å². The first-order valence-corrected chi connectivity index (χ1v) is 7.89. The van der Waals surface area contributed by atoms with Gasteiger partial charge >= 0.3 is 5.97 Å². The number of phenolic OH excluding ortho intramolecular Hbond substituents is 1. The van der Waals surface area contributed by atoms with Crippen molar-refractivity contribution in [2.45, 2.75) is 31.2 Å². The van der Waals surface area contributed by atoms with Crippen LogP contribution in [0.25, 0.3) is 6.08 Å². The van der Waals surface area contributed by atoms with Crippen molar-refractivity contribution in [3.63, 3.8) is 0 Å². The average molecular weight is 350 g/mol. The Morgan fingerprint density at radius 2 is 1.96 bits per heavy atom. The Bertz CT molecular complexity index is 666. The third kappa shape index (κ3) is 4.82. The first-order chi connectivity index (χ1) is 11.9. The summed E-state index contributed by atoms with van der Waals surface area (Å²) in [5, 5.41) is 39.8. The summed E-state index contributed by atoms with van der Waals surface area (Å²) in [6.07, 6.45) is 2.53. The van der Waals surface area contributed by atoms with Crippen LogP contribution in [0.5, 0.6) is 11.5 Å². The van der Waals surface area contributed by atoms with E-state index in [0.29, 0.717) is 17.7 Å². The smallest absolute Gasteiger partial charge is 0.342 e. The Labute approximate surface area is 145 Å². The zero-order chi connectivity index (χ0) is 18.4. The van der Waals surface area contributed by atoms with Gasteiger partial charge in [-0.25, -0.2) is 4.79 Å². The molecule has 1 aliphatic heterocycles. The molecule has 2 rings (SSSR count). The molecule has 7 heteroatoms. The highest BCUT2D eigenvalue weighted by atomic mass is 16.5. The number of fused-ring (bicyclic) bond motifs is 1. The van der Waals surface area contributed by atoms with Gasteiger partial charge in [0.05, 0.1) is 19.8 Å². The summed E-state index contributed by atoms with van der Waals surface area (Å²) < 4.78 is 10.2. The highest BCUT2D eigenvalue weighted by molar-refractivity contribution is 5.97. The minimum absolute atomic E-state index is 0.00633. The van der Waals surface area contributed by atoms with Crippen molar-refractivity contribution < 1.29 is 34.7 Å². The molecule has 0 amide bonds. The normalized spacial score (nSPS) is 27.5. The maximum atomic E-state index is 12.3. The van der Waals surface area contributed by atoms with Crippen LogP contribution < -0.4 is 4.74 Å². The van der Waals surface area contributed by atoms with E-state index in [9.17, 15) is 25.2 Å². The number of aliphatic hydroxyl groups is 3. The van der Waals surface area contributed by atoms with Crippen LogP contribution in [0, 0.1) is 0 Å². The number of esters is 1. The summed E-state index contributed by atoms with van der Waals surface area (Å²) in [4.78, 5) is 12.3. The number of hydrogen-bond acceptors (Lipinski definition) is 7. The van der Waals surface area contributed by atoms with Crippen LogP contribution in [0.1, 0.15) is 28.8 Å². The van der Waals surface area contributed by atoms with Gasteiger partial charge in [-0.3, -0.25) is 0 Å². The van der Waals surface area contributed by atoms with Crippen molar-refractivity contribution >= 4 is 12.0 Å². The lowest BCUT2D eigenvalue weighted by atomic mass is 10.0. The maximum Gasteiger partial charge on any atom is 0.342 e. The monoisotopic (exact) mass is 350 g/mol. The number of cyclic esters (lactones) is 1. The number of carbonyl (C=O) groups is 1. The molecule has 0 aliphatic carbocycles. The van der Waals surface area contributed by atoms with Gasteiger partial charge in [0.25, 0.3) is 0 Å². The highest BCUT2D eigenvalue weighted by Gasteiger charge is 2.22. The summed E-state index contributed by atoms with van der Waals surface area (Å²) in [5.74, 6) is -0.609. The van der Waals surface area contributed by atoms with E-state index in [1.165, 1.54) is 31.4 Å². The van der Waals surface area contributed by atoms with Crippen molar-refractivity contribution in [1.29, 1.82) is 0 Å². The fourth-order valence-electron chi connectivity index (χ4n) is 2.44. The molecule has 1 aliphatic rings. The van der Waals surface area contributed by atoms with Crippen LogP contribution in [-0.4, -0.2) is 58.4 Å². The lowest BCUT2D eigenvalue weighted by Crippen LogP contribution is -2.35. The van der Waals surface area contributed by atoms with Gasteiger partial charge in [0, 0.05) is 6.07 Å². The van der Waals surface area contributed by atoms with Gasteiger partial charge in [-0.1, -0.05) is 24.3 Å². The largest absolute Gasteiger partial charge is 0.507 e. The predicted molar refractivity (Wildman–Crippen MR) is 90.4 cm³/mol. The van der Waals surface area contributed by atoms with Gasteiger partial charge in [-0.05, 0) is 24.5 Å². The van der Waals surface area contributed by atoms with E-state index in [4.69, 9.17) is 9.47 Å². The van der Waals surface area contributed by atoms with Gasteiger partial charge in [0.15, 0.2) is 0 Å². The van der Waals surface area contributed by atoms with Crippen molar-refractivity contribution in [3.05, 3.63) is 41.5 Å². The van der Waals surface area contributed by atoms with Crippen LogP contribution in [0.3, 0.4) is 0 Å². The minimum atomic E-state index is -1.34. The molecule has 1 heterocycles. The first-order valence-electron chi connectivity index (χ1n) is 7.89. The Morgan fingerprint density at radius 1 is 1.20 bits per heavy atom. The molecule has 0 saturated heterocycles. The Morgan fingerprint density at radius 3 is 2.68 bits per heavy atom. The second-order valence-electron chi connectivity index (χ2n) is 5.65. The summed E-state index contributed by atoms with van der Waals surface area (Å²) >= 11 is 0. The Balaban J connectivity index is 2.38. The van der Waals surface area contributed by atoms with E-state index in [2.05, 4.69) is 0 Å². The molecule has 0 unspecified atom stereocenters. The number of methoxy groups -OCH3 is 1. The lowest BCUT2D eigenvalue weighted by molar-refractivity contribution is -0.0393. The molecular weight excluding hydrogens is 328 g/mol. The molecule has 3 atom stereocenters. The molecule has 136 valence electrons. The van der Waals surface area contributed by atoms with Gasteiger partial charge in [-0.2, -0.15) is 0 Å². The standard InChI is InChI=1S/C18H22O7/c1-24-12-9-11-5-4-7-14(20)17(22)13(19)6-2-3-8-25-18(23)16(11)15(21)10-12/h2,4-6,9-10,13-14,17,19-22H,3,7-8H2,1H3/b5-4+,6-2+/t13-,14-,17-/m1/s1. The second kappa shape index (κ2) is 8.66. The number of benzene rings is 1. The Hall–Kier alpha value is -2.35. The minimum Gasteiger partial charge on any atom is -0.507 e. The van der Waals surface area contributed by atoms with Crippen LogP contribution in [-0.2, 0) is 4.74 Å². The van der Waals surface area contributed by atoms with E-state index >= 15 is 0 Å². The van der Waals surface area contributed by atoms with Crippen LogP contribution in [0.15, 0.2) is 30.4 Å². The van der Waals surface area contributed by atoms with Gasteiger partial charge < -0.3 is 29.9 Å². The second-order valence-corrected chi connectivity index (χ2v) is 5.65. The zero-order valence-electron chi connectivity index (χ0n) is 13.8. The molecule has 7 nitrogen and oxygen atoms in total. The van der Waals surface area contributed by atoms with Crippen LogP contribution >= 0.6 is 0 Å². The van der Waals surface area contributed by atoms with Crippen molar-refractivity contribution in [3.8, 4) is 11.5 Å². The van der Waals surface area contributed by atoms with Gasteiger partial charge in [0.1, 0.15) is 29.3 Å². The fraction of sp³-hybridized carbons (Fsp3) is 0.389. The van der Waals surface area contributed by atoms with E-state index < -0.39 is 24.3 Å². The van der Waals surface area contributed by atoms with Gasteiger partial charge in [-0.15, -0.1) is 0 Å². The van der Waals surface area contributed by atoms with Crippen molar-refractivity contribution in [1.82, 2.24) is 0 Å². The predicted octanol–water partition coefficient (Wildman–Crippen LogP) is 1.00. The molecule has 0 spiro atoms. The molecule has 0 aromatic heterocycles. The SMILES string of the molecule is COc1cc(O)c2c(c1)/C=C/C[C@@H](O)[C@H](O)[C@H](O)/C=C/CCOC2=O. The van der Waals surface area contributed by atoms with E-state index in [-0.39, 0.29) is 24.3 Å². The molecule has 0 bridgehead atoms. The summed E-state index contributed by atoms with van der Waals surface area (Å²) in [6.45, 7) is 0.0370. The number of phenols is 1. The molecular formula is C18H22O7. The quantitative estimate of drug-likeness (QED) is 0.441. The third-order valence-corrected chi connectivity index (χ3v) is 3.83. The molecule has 0 radical (unpaired) electrons. The highest BCUT2D eigenvalue weighted by Crippen LogP contribution is 2.30. The molecule has 0 fully saturated rings. The number of aromatic hydroxyl groups is 1. The van der Waals surface area contributed by atoms with E-state index in [0.717, 1.165) is 0 Å². The summed E-state index contributed by atoms with van der Waals surface area (Å²) in [6, 6.07) is 2.86. The molecule has 25 heavy (non-hydrogen) atoms. The number of ether oxygens (including phenoxy) is 2. The fourth-order valence-corrected chi connectivity index (χ4v) is 2.44. The average Bonchev–Trinajstić information content (AvgIpc) is 2.59. The first kappa shape index (κ1) is 19.0. The van der Waals surface area contributed by atoms with E-state index in [1.54, 1.807) is 12.1 Å². The zero-order valence-corrected chi connectivity index (χ0v) is 13.8. The van der Waals surface area contributed by atoms with Gasteiger partial charge in [0.2, 0.25) is 0 Å². The van der Waals surface area contributed by atoms with Crippen molar-refractivity contribution in [2.75, 3.05) is 13.7 Å². The number of hydrogen-bond donors (Lipinski definition) is 4. The maximum absolute atomic E-state index is 12.3. The summed E-state index contributed by atoms with van der Waals surface area (Å²) in [5.41, 5.74) is 0.352. The van der Waals surface area contributed by atoms with E-state index in [1.807, 2.05) is 0 Å².